The number of benzene rings is 2. The van der Waals surface area contributed by atoms with Gasteiger partial charge in [-0.1, -0.05) is 6.07 Å². The van der Waals surface area contributed by atoms with Crippen LogP contribution in [0.2, 0.25) is 0 Å². The molecule has 3 amide bonds. The number of fused-ring (bicyclic) bond motifs is 1. The van der Waals surface area contributed by atoms with Crippen LogP contribution in [-0.2, 0) is 20.7 Å². The molecule has 0 unspecified atom stereocenters. The molecule has 182 valence electrons. The molecule has 9 nitrogen and oxygen atoms in total. The lowest BCUT2D eigenvalue weighted by Crippen LogP contribution is -2.34. The summed E-state index contributed by atoms with van der Waals surface area (Å²) in [4.78, 5) is 39.7. The third kappa shape index (κ3) is 3.87. The predicted molar refractivity (Wildman–Crippen MR) is 125 cm³/mol. The van der Waals surface area contributed by atoms with Gasteiger partial charge >= 0.3 is 6.09 Å². The van der Waals surface area contributed by atoms with Gasteiger partial charge in [0.1, 0.15) is 17.7 Å². The standard InChI is InChI=1S/C25H25FN4O5/c26-18-4-1-14-2-6-22(32)30-11-15(23(18)24(14)30)7-8-27-10-17-12-29(25(33)35-17)16-3-5-20-19(9-16)28-21(31)13-34-20/h1,3-5,9,15,17,27H,2,6-8,10-13H2,(H,28,31)/t15-,17+/m0/s1. The molecule has 2 N–H and O–H groups in total. The van der Waals surface area contributed by atoms with Crippen LogP contribution in [0.5, 0.6) is 5.75 Å². The first kappa shape index (κ1) is 21.8. The molecule has 0 radical (unpaired) electrons. The van der Waals surface area contributed by atoms with Gasteiger partial charge in [0.2, 0.25) is 5.91 Å². The summed E-state index contributed by atoms with van der Waals surface area (Å²) in [6.45, 7) is 1.91. The maximum absolute atomic E-state index is 14.7. The highest BCUT2D eigenvalue weighted by Crippen LogP contribution is 2.44. The number of ether oxygens (including phenoxy) is 2. The normalized spacial score (nSPS) is 22.5. The molecule has 0 aromatic heterocycles. The van der Waals surface area contributed by atoms with Crippen LogP contribution in [-0.4, -0.2) is 56.8 Å². The second-order valence-corrected chi connectivity index (χ2v) is 9.30. The van der Waals surface area contributed by atoms with Crippen molar-refractivity contribution in [3.63, 3.8) is 0 Å². The number of aryl methyl sites for hydroxylation is 1. The highest BCUT2D eigenvalue weighted by Gasteiger charge is 2.38. The Morgan fingerprint density at radius 2 is 1.97 bits per heavy atom. The minimum absolute atomic E-state index is 0.0274. The third-order valence-electron chi connectivity index (χ3n) is 7.06. The summed E-state index contributed by atoms with van der Waals surface area (Å²) in [5.41, 5.74) is 3.61. The van der Waals surface area contributed by atoms with E-state index in [9.17, 15) is 18.8 Å². The van der Waals surface area contributed by atoms with Gasteiger partial charge in [0.05, 0.1) is 17.9 Å². The Morgan fingerprint density at radius 3 is 2.86 bits per heavy atom. The number of carbonyl (C=O) groups excluding carboxylic acids is 3. The number of carbonyl (C=O) groups is 3. The van der Waals surface area contributed by atoms with Crippen LogP contribution in [0.4, 0.5) is 26.2 Å². The second-order valence-electron chi connectivity index (χ2n) is 9.30. The predicted octanol–water partition coefficient (Wildman–Crippen LogP) is 2.54. The van der Waals surface area contributed by atoms with Gasteiger partial charge in [-0.3, -0.25) is 14.5 Å². The number of halogens is 1. The topological polar surface area (TPSA) is 100 Å². The molecule has 35 heavy (non-hydrogen) atoms. The monoisotopic (exact) mass is 480 g/mol. The Morgan fingerprint density at radius 1 is 1.09 bits per heavy atom. The van der Waals surface area contributed by atoms with Gasteiger partial charge in [-0.05, 0) is 49.2 Å². The molecule has 0 bridgehead atoms. The van der Waals surface area contributed by atoms with Gasteiger partial charge < -0.3 is 25.0 Å². The lowest BCUT2D eigenvalue weighted by atomic mass is 9.93. The zero-order chi connectivity index (χ0) is 24.1. The van der Waals surface area contributed by atoms with Gasteiger partial charge in [0.25, 0.3) is 5.91 Å². The fraction of sp³-hybridized carbons (Fsp3) is 0.400. The van der Waals surface area contributed by atoms with E-state index in [1.165, 1.54) is 11.0 Å². The van der Waals surface area contributed by atoms with Crippen molar-refractivity contribution in [2.75, 3.05) is 47.9 Å². The minimum Gasteiger partial charge on any atom is -0.482 e. The Hall–Kier alpha value is -3.66. The SMILES string of the molecule is O=C1COc2ccc(N3C[C@@H](CNCC[C@H]4CN5C(=O)CCc6ccc(F)c4c65)OC3=O)cc2N1. The van der Waals surface area contributed by atoms with Crippen molar-refractivity contribution in [2.24, 2.45) is 0 Å². The number of cyclic esters (lactones) is 1. The van der Waals surface area contributed by atoms with Gasteiger partial charge in [-0.15, -0.1) is 0 Å². The molecule has 4 heterocycles. The van der Waals surface area contributed by atoms with Crippen molar-refractivity contribution in [3.05, 3.63) is 47.3 Å². The number of anilines is 3. The molecule has 0 saturated carbocycles. The first-order chi connectivity index (χ1) is 17.0. The van der Waals surface area contributed by atoms with Crippen LogP contribution in [0.25, 0.3) is 0 Å². The molecule has 0 aliphatic carbocycles. The Bertz CT molecular complexity index is 1230. The summed E-state index contributed by atoms with van der Waals surface area (Å²) >= 11 is 0. The summed E-state index contributed by atoms with van der Waals surface area (Å²) in [5.74, 6) is 0.0710. The van der Waals surface area contributed by atoms with Gasteiger partial charge in [0.15, 0.2) is 6.61 Å². The summed E-state index contributed by atoms with van der Waals surface area (Å²) in [7, 11) is 0. The van der Waals surface area contributed by atoms with E-state index in [0.29, 0.717) is 68.1 Å². The first-order valence-electron chi connectivity index (χ1n) is 11.8. The van der Waals surface area contributed by atoms with E-state index < -0.39 is 6.09 Å². The van der Waals surface area contributed by atoms with Crippen LogP contribution >= 0.6 is 0 Å². The molecule has 4 aliphatic rings. The van der Waals surface area contributed by atoms with Gasteiger partial charge in [-0.2, -0.15) is 0 Å². The van der Waals surface area contributed by atoms with Gasteiger partial charge in [-0.25, -0.2) is 9.18 Å². The van der Waals surface area contributed by atoms with E-state index in [2.05, 4.69) is 10.6 Å². The third-order valence-corrected chi connectivity index (χ3v) is 7.06. The maximum atomic E-state index is 14.7. The van der Waals surface area contributed by atoms with E-state index in [4.69, 9.17) is 9.47 Å². The molecular weight excluding hydrogens is 455 g/mol. The molecule has 4 aliphatic heterocycles. The Labute approximate surface area is 201 Å². The maximum Gasteiger partial charge on any atom is 0.414 e. The molecule has 1 fully saturated rings. The van der Waals surface area contributed by atoms with Crippen molar-refractivity contribution in [1.82, 2.24) is 5.32 Å². The zero-order valence-electron chi connectivity index (χ0n) is 19.0. The number of nitrogens with zero attached hydrogens (tertiary/aromatic N) is 2. The van der Waals surface area contributed by atoms with Crippen LogP contribution in [0, 0.1) is 5.82 Å². The highest BCUT2D eigenvalue weighted by molar-refractivity contribution is 5.99. The summed E-state index contributed by atoms with van der Waals surface area (Å²) in [5, 5.41) is 6.06. The molecule has 6 rings (SSSR count). The average molecular weight is 480 g/mol. The first-order valence-corrected chi connectivity index (χ1v) is 11.8. The van der Waals surface area contributed by atoms with E-state index in [1.54, 1.807) is 29.2 Å². The quantitative estimate of drug-likeness (QED) is 0.617. The number of amides is 3. The van der Waals surface area contributed by atoms with E-state index in [-0.39, 0.29) is 36.3 Å². The van der Waals surface area contributed by atoms with Crippen molar-refractivity contribution >= 4 is 35.0 Å². The Balaban J connectivity index is 1.05. The van der Waals surface area contributed by atoms with Crippen LogP contribution in [0.3, 0.4) is 0 Å². The Kier molecular flexibility index (Phi) is 5.32. The van der Waals surface area contributed by atoms with Crippen LogP contribution in [0.15, 0.2) is 30.3 Å². The summed E-state index contributed by atoms with van der Waals surface area (Å²) in [6, 6.07) is 8.48. The van der Waals surface area contributed by atoms with Crippen molar-refractivity contribution in [2.45, 2.75) is 31.3 Å². The number of hydrogen-bond donors (Lipinski definition) is 2. The highest BCUT2D eigenvalue weighted by atomic mass is 19.1. The van der Waals surface area contributed by atoms with Crippen LogP contribution < -0.4 is 25.2 Å². The van der Waals surface area contributed by atoms with Crippen molar-refractivity contribution < 1.29 is 28.2 Å². The van der Waals surface area contributed by atoms with Crippen molar-refractivity contribution in [3.8, 4) is 5.75 Å². The fourth-order valence-corrected chi connectivity index (χ4v) is 5.40. The van der Waals surface area contributed by atoms with Gasteiger partial charge in [0, 0.05) is 36.7 Å². The summed E-state index contributed by atoms with van der Waals surface area (Å²) in [6.07, 6.45) is 1.01. The number of hydrogen-bond acceptors (Lipinski definition) is 6. The lowest BCUT2D eigenvalue weighted by molar-refractivity contribution is -0.119. The molecule has 2 atom stereocenters. The zero-order valence-corrected chi connectivity index (χ0v) is 19.0. The average Bonchev–Trinajstić information content (AvgIpc) is 3.42. The largest absolute Gasteiger partial charge is 0.482 e. The lowest BCUT2D eigenvalue weighted by Gasteiger charge is -2.25. The number of nitrogens with one attached hydrogen (secondary N) is 2. The smallest absolute Gasteiger partial charge is 0.414 e. The molecular formula is C25H25FN4O5. The van der Waals surface area contributed by atoms with Crippen LogP contribution in [0.1, 0.15) is 29.9 Å². The van der Waals surface area contributed by atoms with Crippen molar-refractivity contribution in [1.29, 1.82) is 0 Å². The molecule has 2 aromatic carbocycles. The second kappa shape index (κ2) is 8.53. The minimum atomic E-state index is -0.452. The van der Waals surface area contributed by atoms with E-state index in [0.717, 1.165) is 11.3 Å². The molecule has 0 spiro atoms. The molecule has 1 saturated heterocycles. The summed E-state index contributed by atoms with van der Waals surface area (Å²) < 4.78 is 25.5. The van der Waals surface area contributed by atoms with E-state index >= 15 is 0 Å². The molecule has 10 heteroatoms. The number of rotatable bonds is 6. The molecule has 2 aromatic rings. The van der Waals surface area contributed by atoms with E-state index in [1.807, 2.05) is 0 Å². The fourth-order valence-electron chi connectivity index (χ4n) is 5.40.